The van der Waals surface area contributed by atoms with Gasteiger partial charge in [-0.1, -0.05) is 53.7 Å². The van der Waals surface area contributed by atoms with Gasteiger partial charge in [0.15, 0.2) is 0 Å². The molecule has 0 aliphatic carbocycles. The molecule has 4 rings (SSSR count). The van der Waals surface area contributed by atoms with Gasteiger partial charge in [0.25, 0.3) is 5.91 Å². The molecule has 2 heterocycles. The van der Waals surface area contributed by atoms with E-state index in [1.807, 2.05) is 66.1 Å². The second kappa shape index (κ2) is 9.81. The number of aryl methyl sites for hydroxylation is 4. The monoisotopic (exact) mass is 431 g/mol. The van der Waals surface area contributed by atoms with Gasteiger partial charge in [0, 0.05) is 37.3 Å². The lowest BCUT2D eigenvalue weighted by molar-refractivity contribution is -0.131. The average Bonchev–Trinajstić information content (AvgIpc) is 3.15. The summed E-state index contributed by atoms with van der Waals surface area (Å²) in [5, 5.41) is 3.93. The number of hydrogen-bond acceptors (Lipinski definition) is 4. The van der Waals surface area contributed by atoms with E-state index in [0.717, 1.165) is 35.2 Å². The number of carbonyl (C=O) groups excluding carboxylic acids is 2. The van der Waals surface area contributed by atoms with Crippen LogP contribution in [0.2, 0.25) is 0 Å². The molecule has 6 nitrogen and oxygen atoms in total. The second-order valence-corrected chi connectivity index (χ2v) is 8.30. The van der Waals surface area contributed by atoms with Crippen LogP contribution < -0.4 is 0 Å². The lowest BCUT2D eigenvalue weighted by atomic mass is 9.99. The second-order valence-electron chi connectivity index (χ2n) is 8.30. The van der Waals surface area contributed by atoms with Gasteiger partial charge < -0.3 is 14.3 Å². The van der Waals surface area contributed by atoms with Crippen LogP contribution in [-0.4, -0.2) is 52.9 Å². The molecule has 0 bridgehead atoms. The largest absolute Gasteiger partial charge is 0.361 e. The van der Waals surface area contributed by atoms with Gasteiger partial charge in [0.1, 0.15) is 5.76 Å². The summed E-state index contributed by atoms with van der Waals surface area (Å²) >= 11 is 0. The highest BCUT2D eigenvalue weighted by atomic mass is 16.5. The first-order valence-corrected chi connectivity index (χ1v) is 11.1. The fraction of sp³-hybridized carbons (Fsp3) is 0.346. The van der Waals surface area contributed by atoms with Crippen LogP contribution in [0.25, 0.3) is 0 Å². The molecule has 1 aromatic heterocycles. The zero-order chi connectivity index (χ0) is 22.5. The van der Waals surface area contributed by atoms with E-state index < -0.39 is 0 Å². The highest BCUT2D eigenvalue weighted by molar-refractivity contribution is 5.96. The van der Waals surface area contributed by atoms with E-state index in [-0.39, 0.29) is 18.2 Å². The molecule has 1 saturated heterocycles. The topological polar surface area (TPSA) is 66.7 Å². The van der Waals surface area contributed by atoms with Crippen LogP contribution in [0.4, 0.5) is 0 Å². The van der Waals surface area contributed by atoms with Crippen molar-refractivity contribution in [2.24, 2.45) is 0 Å². The highest BCUT2D eigenvalue weighted by Gasteiger charge is 2.27. The minimum absolute atomic E-state index is 0.0477. The van der Waals surface area contributed by atoms with Gasteiger partial charge in [0.2, 0.25) is 5.91 Å². The Morgan fingerprint density at radius 2 is 1.53 bits per heavy atom. The Labute approximate surface area is 188 Å². The van der Waals surface area contributed by atoms with E-state index in [1.165, 1.54) is 5.56 Å². The maximum Gasteiger partial charge on any atom is 0.254 e. The maximum atomic E-state index is 13.3. The Balaban J connectivity index is 1.36. The van der Waals surface area contributed by atoms with Gasteiger partial charge in [-0.3, -0.25) is 9.59 Å². The number of aromatic nitrogens is 1. The molecule has 0 atom stereocenters. The molecule has 2 amide bonds. The summed E-state index contributed by atoms with van der Waals surface area (Å²) in [5.74, 6) is 0.790. The van der Waals surface area contributed by atoms with Gasteiger partial charge in [-0.2, -0.15) is 0 Å². The average molecular weight is 432 g/mol. The van der Waals surface area contributed by atoms with Crippen LogP contribution >= 0.6 is 0 Å². The first-order chi connectivity index (χ1) is 15.5. The number of piperazine rings is 1. The zero-order valence-electron chi connectivity index (χ0n) is 18.7. The van der Waals surface area contributed by atoms with Crippen LogP contribution in [-0.2, 0) is 24.1 Å². The molecule has 0 radical (unpaired) electrons. The molecule has 6 heteroatoms. The minimum Gasteiger partial charge on any atom is -0.361 e. The fourth-order valence-corrected chi connectivity index (χ4v) is 4.22. The zero-order valence-corrected chi connectivity index (χ0v) is 18.7. The van der Waals surface area contributed by atoms with Gasteiger partial charge in [-0.25, -0.2) is 0 Å². The number of carbonyl (C=O) groups is 2. The number of rotatable bonds is 6. The number of hydrogen-bond donors (Lipinski definition) is 0. The van der Waals surface area contributed by atoms with Crippen LogP contribution in [0.15, 0.2) is 59.1 Å². The van der Waals surface area contributed by atoms with Gasteiger partial charge in [0.05, 0.1) is 12.1 Å². The summed E-state index contributed by atoms with van der Waals surface area (Å²) < 4.78 is 5.17. The first kappa shape index (κ1) is 21.8. The third-order valence-corrected chi connectivity index (χ3v) is 6.20. The molecule has 0 spiro atoms. The first-order valence-electron chi connectivity index (χ1n) is 11.1. The third-order valence-electron chi connectivity index (χ3n) is 6.20. The molecular weight excluding hydrogens is 402 g/mol. The quantitative estimate of drug-likeness (QED) is 0.598. The summed E-state index contributed by atoms with van der Waals surface area (Å²) in [6.45, 7) is 5.85. The molecule has 0 saturated carbocycles. The predicted octanol–water partition coefficient (Wildman–Crippen LogP) is 3.60. The molecule has 32 heavy (non-hydrogen) atoms. The molecule has 0 N–H and O–H groups in total. The summed E-state index contributed by atoms with van der Waals surface area (Å²) in [7, 11) is 0. The molecule has 0 unspecified atom stereocenters. The van der Waals surface area contributed by atoms with Crippen LogP contribution in [0.5, 0.6) is 0 Å². The molecule has 3 aromatic rings. The molecule has 166 valence electrons. The smallest absolute Gasteiger partial charge is 0.254 e. The van der Waals surface area contributed by atoms with Crippen molar-refractivity contribution in [3.63, 3.8) is 0 Å². The van der Waals surface area contributed by atoms with Crippen molar-refractivity contribution in [3.05, 3.63) is 88.3 Å². The van der Waals surface area contributed by atoms with Crippen molar-refractivity contribution in [3.8, 4) is 0 Å². The maximum absolute atomic E-state index is 13.3. The lowest BCUT2D eigenvalue weighted by Gasteiger charge is -2.35. The molecule has 1 aliphatic heterocycles. The number of nitrogens with zero attached hydrogens (tertiary/aromatic N) is 3. The Bertz CT molecular complexity index is 1060. The number of benzene rings is 2. The SMILES string of the molecule is Cc1noc(C)c1CC(=O)N1CCN(C(=O)c2ccccc2CCc2ccccc2)CC1. The fourth-order valence-electron chi connectivity index (χ4n) is 4.22. The van der Waals surface area contributed by atoms with E-state index >= 15 is 0 Å². The summed E-state index contributed by atoms with van der Waals surface area (Å²) in [4.78, 5) is 29.7. The molecule has 1 aliphatic rings. The predicted molar refractivity (Wildman–Crippen MR) is 122 cm³/mol. The Morgan fingerprint density at radius 1 is 0.875 bits per heavy atom. The van der Waals surface area contributed by atoms with Crippen molar-refractivity contribution in [2.75, 3.05) is 26.2 Å². The number of amides is 2. The Kier molecular flexibility index (Phi) is 6.69. The standard InChI is InChI=1S/C26H29N3O3/c1-19-24(20(2)32-27-19)18-25(30)28-14-16-29(17-15-28)26(31)23-11-7-6-10-22(23)13-12-21-8-4-3-5-9-21/h3-11H,12-18H2,1-2H3. The van der Waals surface area contributed by atoms with Crippen molar-refractivity contribution in [1.29, 1.82) is 0 Å². The third kappa shape index (κ3) is 4.90. The summed E-state index contributed by atoms with van der Waals surface area (Å²) in [5.41, 5.74) is 4.72. The normalized spacial score (nSPS) is 13.9. The van der Waals surface area contributed by atoms with E-state index in [0.29, 0.717) is 31.9 Å². The lowest BCUT2D eigenvalue weighted by Crippen LogP contribution is -2.51. The van der Waals surface area contributed by atoms with Gasteiger partial charge in [-0.15, -0.1) is 0 Å². The van der Waals surface area contributed by atoms with E-state index in [1.54, 1.807) is 0 Å². The van der Waals surface area contributed by atoms with Crippen molar-refractivity contribution in [1.82, 2.24) is 15.0 Å². The highest BCUT2D eigenvalue weighted by Crippen LogP contribution is 2.18. The van der Waals surface area contributed by atoms with E-state index in [9.17, 15) is 9.59 Å². The van der Waals surface area contributed by atoms with Crippen molar-refractivity contribution < 1.29 is 14.1 Å². The van der Waals surface area contributed by atoms with Crippen molar-refractivity contribution in [2.45, 2.75) is 33.1 Å². The van der Waals surface area contributed by atoms with Crippen molar-refractivity contribution >= 4 is 11.8 Å². The molecule has 2 aromatic carbocycles. The van der Waals surface area contributed by atoms with Gasteiger partial charge >= 0.3 is 0 Å². The molecular formula is C26H29N3O3. The Hall–Kier alpha value is -3.41. The summed E-state index contributed by atoms with van der Waals surface area (Å²) in [6, 6.07) is 18.2. The van der Waals surface area contributed by atoms with Crippen LogP contribution in [0, 0.1) is 13.8 Å². The van der Waals surface area contributed by atoms with Crippen LogP contribution in [0.1, 0.15) is 38.5 Å². The summed E-state index contributed by atoms with van der Waals surface area (Å²) in [6.07, 6.45) is 2.01. The molecule has 1 fully saturated rings. The van der Waals surface area contributed by atoms with Crippen LogP contribution in [0.3, 0.4) is 0 Å². The Morgan fingerprint density at radius 3 is 2.22 bits per heavy atom. The van der Waals surface area contributed by atoms with E-state index in [4.69, 9.17) is 4.52 Å². The minimum atomic E-state index is 0.0477. The van der Waals surface area contributed by atoms with Gasteiger partial charge in [-0.05, 0) is 43.9 Å². The van der Waals surface area contributed by atoms with E-state index in [2.05, 4.69) is 17.3 Å².